The molecule has 0 saturated carbocycles. The Balaban J connectivity index is 1.43. The van der Waals surface area contributed by atoms with Gasteiger partial charge in [0, 0.05) is 25.7 Å². The number of thioether (sulfide) groups is 1. The molecule has 0 spiro atoms. The van der Waals surface area contributed by atoms with Crippen LogP contribution in [0.2, 0.25) is 0 Å². The van der Waals surface area contributed by atoms with Gasteiger partial charge in [-0.2, -0.15) is 0 Å². The van der Waals surface area contributed by atoms with Crippen molar-refractivity contribution in [1.82, 2.24) is 10.2 Å². The normalized spacial score (nSPS) is 21.6. The van der Waals surface area contributed by atoms with Gasteiger partial charge in [0.2, 0.25) is 12.3 Å². The smallest absolute Gasteiger partial charge is 0.426 e. The monoisotopic (exact) mass is 546 g/mol. The number of hydrogen-bond donors (Lipinski definition) is 1. The van der Waals surface area contributed by atoms with Crippen LogP contribution in [-0.2, 0) is 14.3 Å². The number of halogens is 1. The Morgan fingerprint density at radius 3 is 2.94 bits per heavy atom. The van der Waals surface area contributed by atoms with Gasteiger partial charge in [-0.05, 0) is 52.7 Å². The molecule has 1 aromatic rings. The Morgan fingerprint density at radius 2 is 2.18 bits per heavy atom. The maximum Gasteiger partial charge on any atom is 0.426 e. The SMILES string of the molecule is COc1ccc(/C=C2\SC3C=CC=CC3=[N+](CC(=O)NCCCN3CCOCC3)C2=O)cc1Br. The van der Waals surface area contributed by atoms with Gasteiger partial charge in [-0.1, -0.05) is 36.1 Å². The van der Waals surface area contributed by atoms with Crippen LogP contribution >= 0.6 is 27.7 Å². The fourth-order valence-corrected chi connectivity index (χ4v) is 5.77. The molecule has 9 heteroatoms. The van der Waals surface area contributed by atoms with Gasteiger partial charge in [-0.3, -0.25) is 9.69 Å². The van der Waals surface area contributed by atoms with Crippen LogP contribution in [0.15, 0.2) is 51.9 Å². The zero-order valence-corrected chi connectivity index (χ0v) is 21.6. The first-order valence-corrected chi connectivity index (χ1v) is 13.0. The molecule has 1 unspecified atom stereocenters. The van der Waals surface area contributed by atoms with Crippen molar-refractivity contribution in [3.8, 4) is 5.75 Å². The zero-order valence-electron chi connectivity index (χ0n) is 19.2. The summed E-state index contributed by atoms with van der Waals surface area (Å²) in [5.41, 5.74) is 1.73. The molecule has 1 fully saturated rings. The van der Waals surface area contributed by atoms with Crippen LogP contribution in [0.4, 0.5) is 0 Å². The largest absolute Gasteiger partial charge is 0.496 e. The molecule has 4 rings (SSSR count). The number of ether oxygens (including phenoxy) is 2. The van der Waals surface area contributed by atoms with E-state index in [4.69, 9.17) is 9.47 Å². The summed E-state index contributed by atoms with van der Waals surface area (Å²) in [6.45, 7) is 4.94. The molecule has 7 nitrogen and oxygen atoms in total. The molecule has 1 aliphatic carbocycles. The van der Waals surface area contributed by atoms with Crippen LogP contribution < -0.4 is 10.1 Å². The topological polar surface area (TPSA) is 70.9 Å². The first-order chi connectivity index (χ1) is 16.5. The van der Waals surface area contributed by atoms with E-state index in [1.54, 1.807) is 11.7 Å². The van der Waals surface area contributed by atoms with Gasteiger partial charge < -0.3 is 14.8 Å². The molecule has 1 N–H and O–H groups in total. The van der Waals surface area contributed by atoms with Crippen molar-refractivity contribution in [1.29, 1.82) is 0 Å². The van der Waals surface area contributed by atoms with E-state index in [9.17, 15) is 9.59 Å². The standard InChI is InChI=1S/C25H28BrN3O4S/c1-32-21-8-7-18(15-19(21)26)16-23-25(31)29(20-5-2-3-6-22(20)34-23)17-24(30)27-9-4-10-28-11-13-33-14-12-28/h2-3,5-8,15-16,22H,4,9-14,17H2,1H3/p+1/b23-16-. The third-order valence-corrected chi connectivity index (χ3v) is 7.65. The number of amides is 2. The number of nitrogens with zero attached hydrogens (tertiary/aromatic N) is 2. The van der Waals surface area contributed by atoms with E-state index < -0.39 is 0 Å². The summed E-state index contributed by atoms with van der Waals surface area (Å²) in [6, 6.07) is 5.68. The number of carbonyl (C=O) groups excluding carboxylic acids is 2. The number of nitrogens with one attached hydrogen (secondary N) is 1. The second-order valence-electron chi connectivity index (χ2n) is 8.16. The van der Waals surface area contributed by atoms with Crippen molar-refractivity contribution in [3.63, 3.8) is 0 Å². The molecule has 0 radical (unpaired) electrons. The molecule has 0 aromatic heterocycles. The quantitative estimate of drug-likeness (QED) is 0.307. The van der Waals surface area contributed by atoms with Gasteiger partial charge in [-0.15, -0.1) is 4.58 Å². The molecule has 2 amide bonds. The first kappa shape index (κ1) is 24.9. The minimum atomic E-state index is -0.161. The molecule has 2 aliphatic heterocycles. The molecule has 0 bridgehead atoms. The van der Waals surface area contributed by atoms with Crippen molar-refractivity contribution in [2.45, 2.75) is 11.7 Å². The number of allylic oxidation sites excluding steroid dienone is 3. The van der Waals surface area contributed by atoms with E-state index in [2.05, 4.69) is 32.2 Å². The van der Waals surface area contributed by atoms with E-state index in [0.717, 1.165) is 60.8 Å². The highest BCUT2D eigenvalue weighted by atomic mass is 79.9. The molecule has 1 aromatic carbocycles. The number of morpholine rings is 1. The van der Waals surface area contributed by atoms with Gasteiger partial charge in [0.1, 0.15) is 15.9 Å². The molecule has 1 saturated heterocycles. The van der Waals surface area contributed by atoms with Crippen molar-refractivity contribution >= 4 is 51.3 Å². The third-order valence-electron chi connectivity index (χ3n) is 5.83. The summed E-state index contributed by atoms with van der Waals surface area (Å²) in [7, 11) is 1.62. The summed E-state index contributed by atoms with van der Waals surface area (Å²) < 4.78 is 13.1. The van der Waals surface area contributed by atoms with Crippen molar-refractivity contribution in [2.24, 2.45) is 0 Å². The highest BCUT2D eigenvalue weighted by molar-refractivity contribution is 9.10. The highest BCUT2D eigenvalue weighted by Crippen LogP contribution is 2.34. The molecule has 34 heavy (non-hydrogen) atoms. The van der Waals surface area contributed by atoms with Crippen LogP contribution in [-0.4, -0.2) is 85.3 Å². The van der Waals surface area contributed by atoms with Crippen LogP contribution in [0, 0.1) is 0 Å². The number of carbonyl (C=O) groups is 2. The molecule has 2 heterocycles. The number of methoxy groups -OCH3 is 1. The van der Waals surface area contributed by atoms with Crippen LogP contribution in [0.1, 0.15) is 12.0 Å². The number of fused-ring (bicyclic) bond motifs is 1. The summed E-state index contributed by atoms with van der Waals surface area (Å²) >= 11 is 5.00. The van der Waals surface area contributed by atoms with Crippen LogP contribution in [0.25, 0.3) is 6.08 Å². The lowest BCUT2D eigenvalue weighted by Crippen LogP contribution is -2.44. The van der Waals surface area contributed by atoms with Crippen molar-refractivity contribution in [3.05, 3.63) is 57.4 Å². The fourth-order valence-electron chi connectivity index (χ4n) is 4.03. The molecular formula is C25H29BrN3O4S+. The number of hydrogen-bond acceptors (Lipinski definition) is 6. The number of rotatable bonds is 8. The van der Waals surface area contributed by atoms with Gasteiger partial charge in [0.15, 0.2) is 0 Å². The Labute approximate surface area is 212 Å². The fraction of sp³-hybridized carbons (Fsp3) is 0.400. The van der Waals surface area contributed by atoms with Gasteiger partial charge in [-0.25, -0.2) is 4.79 Å². The zero-order chi connectivity index (χ0) is 23.9. The molecule has 180 valence electrons. The predicted molar refractivity (Wildman–Crippen MR) is 138 cm³/mol. The molecule has 3 aliphatic rings. The summed E-state index contributed by atoms with van der Waals surface area (Å²) in [5, 5.41) is 2.97. The summed E-state index contributed by atoms with van der Waals surface area (Å²) in [4.78, 5) is 29.1. The van der Waals surface area contributed by atoms with Crippen LogP contribution in [0.3, 0.4) is 0 Å². The first-order valence-electron chi connectivity index (χ1n) is 11.4. The average molecular weight is 547 g/mol. The predicted octanol–water partition coefficient (Wildman–Crippen LogP) is 2.86. The second kappa shape index (κ2) is 12.0. The van der Waals surface area contributed by atoms with E-state index in [1.807, 2.05) is 42.5 Å². The van der Waals surface area contributed by atoms with Gasteiger partial charge >= 0.3 is 5.91 Å². The minimum Gasteiger partial charge on any atom is -0.496 e. The maximum absolute atomic E-state index is 13.4. The minimum absolute atomic E-state index is 0.00457. The molecular weight excluding hydrogens is 518 g/mol. The number of benzene rings is 1. The van der Waals surface area contributed by atoms with E-state index >= 15 is 0 Å². The van der Waals surface area contributed by atoms with Gasteiger partial charge in [0.25, 0.3) is 5.91 Å². The Morgan fingerprint density at radius 1 is 1.35 bits per heavy atom. The Bertz CT molecular complexity index is 1060. The Kier molecular flexibility index (Phi) is 8.77. The maximum atomic E-state index is 13.4. The lowest BCUT2D eigenvalue weighted by Gasteiger charge is -2.26. The molecule has 1 atom stereocenters. The average Bonchev–Trinajstić information content (AvgIpc) is 2.85. The van der Waals surface area contributed by atoms with E-state index in [-0.39, 0.29) is 23.6 Å². The lowest BCUT2D eigenvalue weighted by atomic mass is 10.1. The van der Waals surface area contributed by atoms with E-state index in [1.165, 1.54) is 11.8 Å². The van der Waals surface area contributed by atoms with E-state index in [0.29, 0.717) is 11.4 Å². The Hall–Kier alpha value is -2.20. The third kappa shape index (κ3) is 6.27. The van der Waals surface area contributed by atoms with Crippen LogP contribution in [0.5, 0.6) is 5.75 Å². The summed E-state index contributed by atoms with van der Waals surface area (Å²) in [5.74, 6) is 0.419. The highest BCUT2D eigenvalue weighted by Gasteiger charge is 2.39. The summed E-state index contributed by atoms with van der Waals surface area (Å²) in [6.07, 6.45) is 10.6. The van der Waals surface area contributed by atoms with Crippen molar-refractivity contribution in [2.75, 3.05) is 53.0 Å². The second-order valence-corrected chi connectivity index (χ2v) is 10.2. The lowest BCUT2D eigenvalue weighted by molar-refractivity contribution is -0.434. The van der Waals surface area contributed by atoms with Gasteiger partial charge in [0.05, 0.1) is 24.8 Å². The van der Waals surface area contributed by atoms with Crippen molar-refractivity contribution < 1.29 is 23.6 Å².